The van der Waals surface area contributed by atoms with Gasteiger partial charge < -0.3 is 5.11 Å². The summed E-state index contributed by atoms with van der Waals surface area (Å²) < 4.78 is 38.0. The van der Waals surface area contributed by atoms with E-state index in [2.05, 4.69) is 4.98 Å². The Hall–Kier alpha value is -1.30. The van der Waals surface area contributed by atoms with Gasteiger partial charge in [-0.1, -0.05) is 0 Å². The fourth-order valence-electron chi connectivity index (χ4n) is 1.15. The van der Waals surface area contributed by atoms with Crippen molar-refractivity contribution in [3.63, 3.8) is 0 Å². The Morgan fingerprint density at radius 3 is 2.56 bits per heavy atom. The minimum atomic E-state index is -2.97. The molecule has 0 aromatic carbocycles. The zero-order valence-electron chi connectivity index (χ0n) is 7.88. The second-order valence-electron chi connectivity index (χ2n) is 2.96. The second-order valence-corrected chi connectivity index (χ2v) is 3.22. The van der Waals surface area contributed by atoms with Crippen LogP contribution < -0.4 is 0 Å². The minimum Gasteiger partial charge on any atom is -0.481 e. The van der Waals surface area contributed by atoms with E-state index in [9.17, 15) is 18.0 Å². The van der Waals surface area contributed by atoms with Crippen molar-refractivity contribution in [2.75, 3.05) is 0 Å². The summed E-state index contributed by atoms with van der Waals surface area (Å²) in [7, 11) is 0. The van der Waals surface area contributed by atoms with Gasteiger partial charge in [0.05, 0.1) is 23.7 Å². The number of carboxylic acids is 1. The lowest BCUT2D eigenvalue weighted by Gasteiger charge is -2.08. The number of hydrogen-bond acceptors (Lipinski definition) is 2. The Morgan fingerprint density at radius 1 is 1.50 bits per heavy atom. The first kappa shape index (κ1) is 12.8. The highest BCUT2D eigenvalue weighted by Crippen LogP contribution is 2.24. The first-order valence-corrected chi connectivity index (χ1v) is 4.73. The number of nitrogens with zero attached hydrogens (tertiary/aromatic N) is 1. The van der Waals surface area contributed by atoms with Crippen LogP contribution in [0.4, 0.5) is 13.2 Å². The lowest BCUT2D eigenvalue weighted by Crippen LogP contribution is -2.09. The smallest absolute Gasteiger partial charge is 0.309 e. The summed E-state index contributed by atoms with van der Waals surface area (Å²) in [4.78, 5) is 13.9. The molecule has 3 nitrogen and oxygen atoms in total. The number of aliphatic carboxylic acids is 1. The molecule has 0 spiro atoms. The van der Waals surface area contributed by atoms with E-state index < -0.39 is 30.2 Å². The van der Waals surface area contributed by atoms with Crippen LogP contribution in [0.1, 0.15) is 23.4 Å². The van der Waals surface area contributed by atoms with Crippen molar-refractivity contribution in [1.29, 1.82) is 0 Å². The van der Waals surface area contributed by atoms with E-state index in [0.29, 0.717) is 6.07 Å². The second kappa shape index (κ2) is 5.16. The molecule has 1 rings (SSSR count). The standard InChI is InChI=1S/C9H7ClF3NO2/c10-3-7-5(11)1-4(9(12)13)6(14-7)2-8(15)16/h1,9H,2-3H2,(H,15,16). The molecule has 0 aliphatic carbocycles. The molecule has 0 amide bonds. The van der Waals surface area contributed by atoms with Crippen LogP contribution in [-0.4, -0.2) is 16.1 Å². The van der Waals surface area contributed by atoms with Crippen LogP contribution in [0.5, 0.6) is 0 Å². The van der Waals surface area contributed by atoms with Crippen molar-refractivity contribution in [2.24, 2.45) is 0 Å². The highest BCUT2D eigenvalue weighted by molar-refractivity contribution is 6.16. The first-order valence-electron chi connectivity index (χ1n) is 4.19. The molecule has 0 bridgehead atoms. The molecule has 1 aromatic rings. The van der Waals surface area contributed by atoms with E-state index >= 15 is 0 Å². The van der Waals surface area contributed by atoms with E-state index in [4.69, 9.17) is 16.7 Å². The molecule has 0 atom stereocenters. The van der Waals surface area contributed by atoms with Gasteiger partial charge in [-0.25, -0.2) is 13.2 Å². The van der Waals surface area contributed by atoms with Crippen LogP contribution >= 0.6 is 11.6 Å². The molecule has 0 aliphatic heterocycles. The quantitative estimate of drug-likeness (QED) is 0.839. The molecular formula is C9H7ClF3NO2. The highest BCUT2D eigenvalue weighted by Gasteiger charge is 2.19. The maximum Gasteiger partial charge on any atom is 0.309 e. The Balaban J connectivity index is 3.24. The number of carbonyl (C=O) groups is 1. The Bertz CT molecular complexity index is 412. The third-order valence-electron chi connectivity index (χ3n) is 1.84. The fraction of sp³-hybridized carbons (Fsp3) is 0.333. The number of alkyl halides is 3. The lowest BCUT2D eigenvalue weighted by atomic mass is 10.1. The molecule has 7 heteroatoms. The molecule has 0 unspecified atom stereocenters. The summed E-state index contributed by atoms with van der Waals surface area (Å²) >= 11 is 5.34. The molecular weight excluding hydrogens is 247 g/mol. The minimum absolute atomic E-state index is 0.234. The Labute approximate surface area is 93.9 Å². The monoisotopic (exact) mass is 253 g/mol. The van der Waals surface area contributed by atoms with Gasteiger partial charge in [0.1, 0.15) is 5.82 Å². The predicted molar refractivity (Wildman–Crippen MR) is 50.0 cm³/mol. The maximum absolute atomic E-state index is 13.1. The first-order chi connectivity index (χ1) is 7.45. The summed E-state index contributed by atoms with van der Waals surface area (Å²) in [5.74, 6) is -2.58. The van der Waals surface area contributed by atoms with E-state index in [-0.39, 0.29) is 17.3 Å². The molecule has 0 fully saturated rings. The van der Waals surface area contributed by atoms with Gasteiger partial charge in [0.2, 0.25) is 0 Å². The van der Waals surface area contributed by atoms with Crippen molar-refractivity contribution in [1.82, 2.24) is 4.98 Å². The maximum atomic E-state index is 13.1. The number of rotatable bonds is 4. The summed E-state index contributed by atoms with van der Waals surface area (Å²) in [5, 5.41) is 8.49. The topological polar surface area (TPSA) is 50.2 Å². The van der Waals surface area contributed by atoms with Crippen LogP contribution in [0.15, 0.2) is 6.07 Å². The SMILES string of the molecule is O=C(O)Cc1nc(CCl)c(F)cc1C(F)F. The Morgan fingerprint density at radius 2 is 2.12 bits per heavy atom. The predicted octanol–water partition coefficient (Wildman–Crippen LogP) is 2.52. The number of hydrogen-bond donors (Lipinski definition) is 1. The third kappa shape index (κ3) is 2.85. The molecule has 0 aliphatic rings. The van der Waals surface area contributed by atoms with Gasteiger partial charge in [-0.2, -0.15) is 0 Å². The third-order valence-corrected chi connectivity index (χ3v) is 2.09. The van der Waals surface area contributed by atoms with Crippen LogP contribution in [0.3, 0.4) is 0 Å². The van der Waals surface area contributed by atoms with Gasteiger partial charge in [-0.15, -0.1) is 11.6 Å². The Kier molecular flexibility index (Phi) is 4.12. The van der Waals surface area contributed by atoms with Gasteiger partial charge in [0.15, 0.2) is 0 Å². The van der Waals surface area contributed by atoms with Gasteiger partial charge in [-0.05, 0) is 6.07 Å². The molecule has 88 valence electrons. The van der Waals surface area contributed by atoms with Crippen molar-refractivity contribution in [3.05, 3.63) is 28.8 Å². The molecule has 0 saturated heterocycles. The lowest BCUT2D eigenvalue weighted by molar-refractivity contribution is -0.136. The number of halogens is 4. The van der Waals surface area contributed by atoms with Gasteiger partial charge in [0, 0.05) is 5.56 Å². The van der Waals surface area contributed by atoms with Gasteiger partial charge in [-0.3, -0.25) is 9.78 Å². The van der Waals surface area contributed by atoms with Crippen LogP contribution in [0, 0.1) is 5.82 Å². The normalized spacial score (nSPS) is 10.8. The van der Waals surface area contributed by atoms with Crippen LogP contribution in [0.25, 0.3) is 0 Å². The summed E-state index contributed by atoms with van der Waals surface area (Å²) in [6, 6.07) is 0.577. The van der Waals surface area contributed by atoms with Crippen molar-refractivity contribution in [2.45, 2.75) is 18.7 Å². The van der Waals surface area contributed by atoms with Crippen molar-refractivity contribution < 1.29 is 23.1 Å². The average Bonchev–Trinajstić information content (AvgIpc) is 2.19. The van der Waals surface area contributed by atoms with Crippen molar-refractivity contribution in [3.8, 4) is 0 Å². The van der Waals surface area contributed by atoms with E-state index in [1.54, 1.807) is 0 Å². The van der Waals surface area contributed by atoms with E-state index in [1.807, 2.05) is 0 Å². The van der Waals surface area contributed by atoms with Crippen molar-refractivity contribution >= 4 is 17.6 Å². The number of carboxylic acid groups (broad SMARTS) is 1. The summed E-state index contributed by atoms with van der Waals surface area (Å²) in [6.45, 7) is 0. The number of pyridine rings is 1. The molecule has 0 radical (unpaired) electrons. The van der Waals surface area contributed by atoms with E-state index in [1.165, 1.54) is 0 Å². The largest absolute Gasteiger partial charge is 0.481 e. The molecule has 1 N–H and O–H groups in total. The van der Waals surface area contributed by atoms with Crippen LogP contribution in [0.2, 0.25) is 0 Å². The highest BCUT2D eigenvalue weighted by atomic mass is 35.5. The molecule has 1 heterocycles. The molecule has 0 saturated carbocycles. The molecule has 16 heavy (non-hydrogen) atoms. The number of aromatic nitrogens is 1. The average molecular weight is 254 g/mol. The van der Waals surface area contributed by atoms with E-state index in [0.717, 1.165) is 0 Å². The summed E-state index contributed by atoms with van der Waals surface area (Å²) in [5.41, 5.74) is -1.31. The van der Waals surface area contributed by atoms with Crippen LogP contribution in [-0.2, 0) is 17.1 Å². The van der Waals surface area contributed by atoms with Gasteiger partial charge in [0.25, 0.3) is 6.43 Å². The molecule has 1 aromatic heterocycles. The zero-order valence-corrected chi connectivity index (χ0v) is 8.64. The zero-order chi connectivity index (χ0) is 12.3. The fourth-order valence-corrected chi connectivity index (χ4v) is 1.34. The van der Waals surface area contributed by atoms with Gasteiger partial charge >= 0.3 is 5.97 Å². The summed E-state index contributed by atoms with van der Waals surface area (Å²) in [6.07, 6.45) is -3.66.